The van der Waals surface area contributed by atoms with Crippen molar-refractivity contribution < 1.29 is 0 Å². The molecule has 0 aliphatic rings. The smallest absolute Gasteiger partial charge is 0.160 e. The van der Waals surface area contributed by atoms with Crippen LogP contribution in [-0.4, -0.2) is 9.97 Å². The zero-order valence-electron chi connectivity index (χ0n) is 26.0. The topological polar surface area (TPSA) is 25.8 Å². The molecule has 0 aliphatic carbocycles. The van der Waals surface area contributed by atoms with E-state index in [1.165, 1.54) is 71.6 Å². The lowest BCUT2D eigenvalue weighted by Crippen LogP contribution is -1.96. The lowest BCUT2D eigenvalue weighted by Gasteiger charge is -2.11. The average Bonchev–Trinajstić information content (AvgIpc) is 3.69. The third-order valence-electron chi connectivity index (χ3n) is 9.68. The molecule has 4 heterocycles. The van der Waals surface area contributed by atoms with Crippen molar-refractivity contribution in [3.63, 3.8) is 0 Å². The first-order valence-electron chi connectivity index (χ1n) is 16.3. The molecule has 5 heteroatoms. The molecule has 0 saturated heterocycles. The maximum atomic E-state index is 5.31. The lowest BCUT2D eigenvalue weighted by molar-refractivity contribution is 1.19. The van der Waals surface area contributed by atoms with E-state index in [-0.39, 0.29) is 0 Å². The van der Waals surface area contributed by atoms with Crippen LogP contribution in [0.4, 0.5) is 0 Å². The van der Waals surface area contributed by atoms with Crippen LogP contribution in [0.15, 0.2) is 146 Å². The normalized spacial score (nSPS) is 12.1. The van der Waals surface area contributed by atoms with E-state index in [1.54, 1.807) is 0 Å². The molecule has 0 saturated carbocycles. The number of benzene rings is 7. The van der Waals surface area contributed by atoms with Crippen molar-refractivity contribution in [2.45, 2.75) is 0 Å². The number of aromatic nitrogens is 2. The fraction of sp³-hybridized carbons (Fsp3) is 0. The summed E-state index contributed by atoms with van der Waals surface area (Å²) in [6, 6.07) is 52.3. The molecule has 0 fully saturated rings. The Morgan fingerprint density at radius 2 is 0.939 bits per heavy atom. The van der Waals surface area contributed by atoms with Crippen LogP contribution in [-0.2, 0) is 0 Å². The largest absolute Gasteiger partial charge is 0.228 e. The molecule has 11 rings (SSSR count). The summed E-state index contributed by atoms with van der Waals surface area (Å²) >= 11 is 5.74. The van der Waals surface area contributed by atoms with Crippen molar-refractivity contribution in [2.24, 2.45) is 0 Å². The average molecular weight is 677 g/mol. The quantitative estimate of drug-likeness (QED) is 0.185. The molecule has 0 aliphatic heterocycles. The summed E-state index contributed by atoms with van der Waals surface area (Å²) in [5.74, 6) is 0.730. The van der Waals surface area contributed by atoms with Gasteiger partial charge in [-0.1, -0.05) is 109 Å². The van der Waals surface area contributed by atoms with Gasteiger partial charge in [0.1, 0.15) is 0 Å². The third-order valence-corrected chi connectivity index (χ3v) is 13.2. The predicted molar refractivity (Wildman–Crippen MR) is 214 cm³/mol. The molecule has 0 unspecified atom stereocenters. The third kappa shape index (κ3) is 4.17. The van der Waals surface area contributed by atoms with Gasteiger partial charge in [-0.3, -0.25) is 0 Å². The van der Waals surface area contributed by atoms with Gasteiger partial charge >= 0.3 is 0 Å². The summed E-state index contributed by atoms with van der Waals surface area (Å²) in [5.41, 5.74) is 7.47. The second kappa shape index (κ2) is 10.5. The van der Waals surface area contributed by atoms with Gasteiger partial charge in [0.2, 0.25) is 0 Å². The molecule has 0 radical (unpaired) electrons. The van der Waals surface area contributed by atoms with Crippen molar-refractivity contribution in [2.75, 3.05) is 0 Å². The number of fused-ring (bicyclic) bond motifs is 2. The minimum Gasteiger partial charge on any atom is -0.228 e. The van der Waals surface area contributed by atoms with Crippen LogP contribution in [0.2, 0.25) is 0 Å². The molecule has 4 aromatic heterocycles. The molecule has 228 valence electrons. The highest BCUT2D eigenvalue weighted by Gasteiger charge is 2.22. The van der Waals surface area contributed by atoms with E-state index < -0.39 is 0 Å². The summed E-state index contributed by atoms with van der Waals surface area (Å²) in [5, 5.41) is 8.17. The van der Waals surface area contributed by atoms with Crippen LogP contribution in [0.1, 0.15) is 0 Å². The minimum atomic E-state index is 0.730. The van der Waals surface area contributed by atoms with Crippen molar-refractivity contribution >= 4 is 94.5 Å². The van der Waals surface area contributed by atoms with Crippen molar-refractivity contribution in [1.29, 1.82) is 0 Å². The van der Waals surface area contributed by atoms with Gasteiger partial charge in [-0.2, -0.15) is 0 Å². The Hall–Kier alpha value is -5.46. The maximum Gasteiger partial charge on any atom is 0.160 e. The molecule has 0 amide bonds. The van der Waals surface area contributed by atoms with E-state index in [1.807, 2.05) is 34.0 Å². The van der Waals surface area contributed by atoms with Crippen LogP contribution in [0, 0.1) is 0 Å². The number of hydrogen-bond acceptors (Lipinski definition) is 5. The fourth-order valence-corrected chi connectivity index (χ4v) is 11.2. The minimum absolute atomic E-state index is 0.730. The number of thiophene rings is 2. The maximum absolute atomic E-state index is 5.31. The molecular weight excluding hydrogens is 653 g/mol. The second-order valence-electron chi connectivity index (χ2n) is 12.5. The van der Waals surface area contributed by atoms with Gasteiger partial charge in [0.05, 0.1) is 11.4 Å². The second-order valence-corrected chi connectivity index (χ2v) is 15.7. The van der Waals surface area contributed by atoms with Crippen molar-refractivity contribution in [3.8, 4) is 45.0 Å². The first kappa shape index (κ1) is 27.5. The Morgan fingerprint density at radius 1 is 0.367 bits per heavy atom. The zero-order valence-corrected chi connectivity index (χ0v) is 28.4. The van der Waals surface area contributed by atoms with E-state index in [0.29, 0.717) is 0 Å². The summed E-state index contributed by atoms with van der Waals surface area (Å²) in [7, 11) is 0. The summed E-state index contributed by atoms with van der Waals surface area (Å²) < 4.78 is 8.01. The highest BCUT2D eigenvalue weighted by Crippen LogP contribution is 2.53. The van der Waals surface area contributed by atoms with E-state index in [0.717, 1.165) is 33.9 Å². The SMILES string of the molecule is c1ccc(-c2ccc(-c3nc(-c4ccccc4)cc(-c4ccc5sc6c7ccccc7cc7sc8ccc9sc4c5c9c8c76)n3)cc2)cc1. The monoisotopic (exact) mass is 676 g/mol. The van der Waals surface area contributed by atoms with E-state index in [9.17, 15) is 0 Å². The van der Waals surface area contributed by atoms with E-state index >= 15 is 0 Å². The van der Waals surface area contributed by atoms with Crippen LogP contribution in [0.5, 0.6) is 0 Å². The first-order valence-corrected chi connectivity index (χ1v) is 18.8. The van der Waals surface area contributed by atoms with Crippen LogP contribution in [0.25, 0.3) is 106 Å². The van der Waals surface area contributed by atoms with Gasteiger partial charge in [0.25, 0.3) is 0 Å². The Labute approximate surface area is 293 Å². The van der Waals surface area contributed by atoms with Crippen molar-refractivity contribution in [3.05, 3.63) is 146 Å². The summed E-state index contributed by atoms with van der Waals surface area (Å²) in [6.45, 7) is 0. The fourth-order valence-electron chi connectivity index (χ4n) is 7.39. The van der Waals surface area contributed by atoms with Gasteiger partial charge < -0.3 is 0 Å². The molecule has 0 bridgehead atoms. The van der Waals surface area contributed by atoms with Gasteiger partial charge in [-0.15, -0.1) is 34.0 Å². The van der Waals surface area contributed by atoms with Crippen LogP contribution < -0.4 is 0 Å². The Kier molecular flexibility index (Phi) is 5.90. The summed E-state index contributed by atoms with van der Waals surface area (Å²) in [4.78, 5) is 10.5. The highest BCUT2D eigenvalue weighted by atomic mass is 32.1. The van der Waals surface area contributed by atoms with E-state index in [2.05, 4.69) is 146 Å². The zero-order chi connectivity index (χ0) is 32.1. The lowest BCUT2D eigenvalue weighted by atomic mass is 10.0. The Morgan fingerprint density at radius 3 is 1.73 bits per heavy atom. The standard InChI is InChI=1S/C44H24N2S3/c1-3-9-25(10-4-1)26-15-17-28(18-16-26)44-45-32(27-11-5-2-6-12-27)24-33(46-44)31-19-20-36-40-39-35(48-43(31)40)22-21-34-38(39)41-37(47-34)23-29-13-7-8-14-30(29)42(41)49-36/h1-24H. The van der Waals surface area contributed by atoms with Gasteiger partial charge in [-0.25, -0.2) is 9.97 Å². The van der Waals surface area contributed by atoms with E-state index in [4.69, 9.17) is 9.97 Å². The van der Waals surface area contributed by atoms with Crippen molar-refractivity contribution in [1.82, 2.24) is 9.97 Å². The molecular formula is C44H24N2S3. The molecule has 0 atom stereocenters. The number of nitrogens with zero attached hydrogens (tertiary/aromatic N) is 2. The predicted octanol–water partition coefficient (Wildman–Crippen LogP) is 13.7. The molecule has 2 nitrogen and oxygen atoms in total. The Bertz CT molecular complexity index is 3020. The van der Waals surface area contributed by atoms with Crippen LogP contribution in [0.3, 0.4) is 0 Å². The molecule has 0 N–H and O–H groups in total. The Balaban J connectivity index is 1.18. The van der Waals surface area contributed by atoms with Gasteiger partial charge in [0.15, 0.2) is 5.82 Å². The van der Waals surface area contributed by atoms with Gasteiger partial charge in [0, 0.05) is 66.4 Å². The van der Waals surface area contributed by atoms with Gasteiger partial charge in [-0.05, 0) is 58.3 Å². The molecule has 7 aromatic carbocycles. The summed E-state index contributed by atoms with van der Waals surface area (Å²) in [6.07, 6.45) is 0. The van der Waals surface area contributed by atoms with Crippen LogP contribution >= 0.6 is 34.0 Å². The number of hydrogen-bond donors (Lipinski definition) is 0. The molecule has 49 heavy (non-hydrogen) atoms. The highest BCUT2D eigenvalue weighted by molar-refractivity contribution is 7.32. The molecule has 0 spiro atoms. The molecule has 11 aromatic rings. The first-order chi connectivity index (χ1) is 24.3. The number of rotatable bonds is 4.